The highest BCUT2D eigenvalue weighted by molar-refractivity contribution is 4.63. The molecule has 0 aliphatic rings. The molecule has 0 heterocycles. The second-order valence-electron chi connectivity index (χ2n) is 4.29. The molecule has 0 amide bonds. The SMILES string of the molecule is CCC[C@H](CC)OCC(O)CN(CC)CC. The third kappa shape index (κ3) is 7.20. The van der Waals surface area contributed by atoms with Gasteiger partial charge >= 0.3 is 0 Å². The molecule has 3 nitrogen and oxygen atoms in total. The Bertz CT molecular complexity index is 149. The highest BCUT2D eigenvalue weighted by atomic mass is 16.5. The molecule has 0 aliphatic heterocycles. The highest BCUT2D eigenvalue weighted by Gasteiger charge is 2.12. The largest absolute Gasteiger partial charge is 0.389 e. The van der Waals surface area contributed by atoms with Crippen molar-refractivity contribution in [3.8, 4) is 0 Å². The number of ether oxygens (including phenoxy) is 1. The van der Waals surface area contributed by atoms with E-state index in [2.05, 4.69) is 32.6 Å². The summed E-state index contributed by atoms with van der Waals surface area (Å²) in [5.41, 5.74) is 0. The van der Waals surface area contributed by atoms with Crippen LogP contribution in [0.1, 0.15) is 47.0 Å². The zero-order chi connectivity index (χ0) is 12.4. The third-order valence-corrected chi connectivity index (χ3v) is 2.95. The molecule has 1 N–H and O–H groups in total. The first-order chi connectivity index (χ1) is 7.67. The zero-order valence-corrected chi connectivity index (χ0v) is 11.4. The second kappa shape index (κ2) is 10.1. The molecule has 0 fully saturated rings. The molecule has 1 unspecified atom stereocenters. The maximum Gasteiger partial charge on any atom is 0.0900 e. The lowest BCUT2D eigenvalue weighted by molar-refractivity contribution is -0.0244. The number of aliphatic hydroxyl groups excluding tert-OH is 1. The van der Waals surface area contributed by atoms with Crippen molar-refractivity contribution in [3.05, 3.63) is 0 Å². The molecule has 0 rings (SSSR count). The Morgan fingerprint density at radius 1 is 1.12 bits per heavy atom. The molecular formula is C13H29NO2. The summed E-state index contributed by atoms with van der Waals surface area (Å²) in [6.45, 7) is 11.7. The summed E-state index contributed by atoms with van der Waals surface area (Å²) in [4.78, 5) is 2.22. The number of rotatable bonds is 10. The molecule has 98 valence electrons. The number of hydrogen-bond donors (Lipinski definition) is 1. The van der Waals surface area contributed by atoms with Crippen LogP contribution in [0.5, 0.6) is 0 Å². The highest BCUT2D eigenvalue weighted by Crippen LogP contribution is 2.07. The molecule has 0 bridgehead atoms. The van der Waals surface area contributed by atoms with Crippen LogP contribution >= 0.6 is 0 Å². The summed E-state index contributed by atoms with van der Waals surface area (Å²) >= 11 is 0. The zero-order valence-electron chi connectivity index (χ0n) is 11.4. The summed E-state index contributed by atoms with van der Waals surface area (Å²) in [6, 6.07) is 0. The molecule has 0 aliphatic carbocycles. The topological polar surface area (TPSA) is 32.7 Å². The van der Waals surface area contributed by atoms with Gasteiger partial charge in [-0.2, -0.15) is 0 Å². The van der Waals surface area contributed by atoms with E-state index < -0.39 is 0 Å². The van der Waals surface area contributed by atoms with Gasteiger partial charge in [-0.05, 0) is 25.9 Å². The van der Waals surface area contributed by atoms with Gasteiger partial charge in [0.2, 0.25) is 0 Å². The van der Waals surface area contributed by atoms with Crippen molar-refractivity contribution < 1.29 is 9.84 Å². The molecule has 3 heteroatoms. The fraction of sp³-hybridized carbons (Fsp3) is 1.00. The Balaban J connectivity index is 3.73. The van der Waals surface area contributed by atoms with Crippen LogP contribution in [0.2, 0.25) is 0 Å². The minimum Gasteiger partial charge on any atom is -0.389 e. The summed E-state index contributed by atoms with van der Waals surface area (Å²) in [6.07, 6.45) is 3.23. The van der Waals surface area contributed by atoms with Crippen LogP contribution in [-0.2, 0) is 4.74 Å². The number of hydrogen-bond acceptors (Lipinski definition) is 3. The summed E-state index contributed by atoms with van der Waals surface area (Å²) in [5.74, 6) is 0. The molecule has 0 aromatic heterocycles. The van der Waals surface area contributed by atoms with E-state index >= 15 is 0 Å². The van der Waals surface area contributed by atoms with Gasteiger partial charge in [-0.1, -0.05) is 34.1 Å². The van der Waals surface area contributed by atoms with E-state index in [1.165, 1.54) is 0 Å². The lowest BCUT2D eigenvalue weighted by Crippen LogP contribution is -2.35. The van der Waals surface area contributed by atoms with Crippen LogP contribution < -0.4 is 0 Å². The van der Waals surface area contributed by atoms with Gasteiger partial charge < -0.3 is 14.7 Å². The lowest BCUT2D eigenvalue weighted by atomic mass is 10.1. The van der Waals surface area contributed by atoms with Crippen LogP contribution in [-0.4, -0.2) is 48.5 Å². The molecule has 0 spiro atoms. The minimum atomic E-state index is -0.356. The van der Waals surface area contributed by atoms with Gasteiger partial charge in [0.05, 0.1) is 18.8 Å². The molecule has 0 radical (unpaired) electrons. The van der Waals surface area contributed by atoms with Crippen LogP contribution in [0.25, 0.3) is 0 Å². The summed E-state index contributed by atoms with van der Waals surface area (Å²) in [5, 5.41) is 9.83. The molecule has 0 aromatic rings. The van der Waals surface area contributed by atoms with Gasteiger partial charge in [0, 0.05) is 6.54 Å². The minimum absolute atomic E-state index is 0.316. The lowest BCUT2D eigenvalue weighted by Gasteiger charge is -2.23. The van der Waals surface area contributed by atoms with Crippen molar-refractivity contribution in [2.45, 2.75) is 59.2 Å². The van der Waals surface area contributed by atoms with Crippen LogP contribution in [0.15, 0.2) is 0 Å². The van der Waals surface area contributed by atoms with Crippen molar-refractivity contribution in [2.75, 3.05) is 26.2 Å². The van der Waals surface area contributed by atoms with Gasteiger partial charge in [-0.25, -0.2) is 0 Å². The van der Waals surface area contributed by atoms with Crippen LogP contribution in [0.4, 0.5) is 0 Å². The van der Waals surface area contributed by atoms with Gasteiger partial charge in [0.1, 0.15) is 0 Å². The van der Waals surface area contributed by atoms with E-state index in [0.29, 0.717) is 12.7 Å². The van der Waals surface area contributed by atoms with E-state index in [-0.39, 0.29) is 6.10 Å². The van der Waals surface area contributed by atoms with E-state index in [9.17, 15) is 5.11 Å². The van der Waals surface area contributed by atoms with E-state index in [4.69, 9.17) is 4.74 Å². The molecular weight excluding hydrogens is 202 g/mol. The third-order valence-electron chi connectivity index (χ3n) is 2.95. The maximum absolute atomic E-state index is 9.83. The normalized spacial score (nSPS) is 15.4. The summed E-state index contributed by atoms with van der Waals surface area (Å²) in [7, 11) is 0. The average molecular weight is 231 g/mol. The molecule has 0 saturated heterocycles. The summed E-state index contributed by atoms with van der Waals surface area (Å²) < 4.78 is 5.71. The Morgan fingerprint density at radius 3 is 2.19 bits per heavy atom. The van der Waals surface area contributed by atoms with E-state index in [1.807, 2.05) is 0 Å². The molecule has 2 atom stereocenters. The van der Waals surface area contributed by atoms with Crippen molar-refractivity contribution in [1.82, 2.24) is 4.90 Å². The number of nitrogens with zero attached hydrogens (tertiary/aromatic N) is 1. The number of likely N-dealkylation sites (N-methyl/N-ethyl adjacent to an activating group) is 1. The van der Waals surface area contributed by atoms with Gasteiger partial charge in [0.25, 0.3) is 0 Å². The first-order valence-electron chi connectivity index (χ1n) is 6.69. The Labute approximate surface area is 101 Å². The monoisotopic (exact) mass is 231 g/mol. The average Bonchev–Trinajstić information content (AvgIpc) is 2.31. The van der Waals surface area contributed by atoms with Crippen LogP contribution in [0, 0.1) is 0 Å². The maximum atomic E-state index is 9.83. The quantitative estimate of drug-likeness (QED) is 0.626. The molecule has 0 aromatic carbocycles. The standard InChI is InChI=1S/C13H29NO2/c1-5-9-13(6-2)16-11-12(15)10-14(7-3)8-4/h12-13,15H,5-11H2,1-4H3/t12?,13-/m0/s1. The van der Waals surface area contributed by atoms with Gasteiger partial charge in [-0.3, -0.25) is 0 Å². The van der Waals surface area contributed by atoms with E-state index in [1.54, 1.807) is 0 Å². The fourth-order valence-corrected chi connectivity index (χ4v) is 1.81. The first-order valence-corrected chi connectivity index (χ1v) is 6.69. The van der Waals surface area contributed by atoms with Crippen molar-refractivity contribution >= 4 is 0 Å². The van der Waals surface area contributed by atoms with Crippen molar-refractivity contribution in [3.63, 3.8) is 0 Å². The smallest absolute Gasteiger partial charge is 0.0900 e. The fourth-order valence-electron chi connectivity index (χ4n) is 1.81. The first kappa shape index (κ1) is 15.9. The number of aliphatic hydroxyl groups is 1. The van der Waals surface area contributed by atoms with Crippen molar-refractivity contribution in [2.24, 2.45) is 0 Å². The van der Waals surface area contributed by atoms with Crippen LogP contribution in [0.3, 0.4) is 0 Å². The van der Waals surface area contributed by atoms with Gasteiger partial charge in [-0.15, -0.1) is 0 Å². The molecule has 0 saturated carbocycles. The Kier molecular flexibility index (Phi) is 9.99. The predicted molar refractivity (Wildman–Crippen MR) is 68.7 cm³/mol. The Morgan fingerprint density at radius 2 is 1.75 bits per heavy atom. The van der Waals surface area contributed by atoms with E-state index in [0.717, 1.165) is 38.9 Å². The second-order valence-corrected chi connectivity index (χ2v) is 4.29. The van der Waals surface area contributed by atoms with Gasteiger partial charge in [0.15, 0.2) is 0 Å². The Hall–Kier alpha value is -0.120. The molecule has 16 heavy (non-hydrogen) atoms. The van der Waals surface area contributed by atoms with Crippen molar-refractivity contribution in [1.29, 1.82) is 0 Å². The predicted octanol–water partition coefficient (Wildman–Crippen LogP) is 2.28.